The molecule has 10 heavy (non-hydrogen) atoms. The molecule has 2 nitrogen and oxygen atoms in total. The summed E-state index contributed by atoms with van der Waals surface area (Å²) >= 11 is 5.26. The fraction of sp³-hybridized carbons (Fsp3) is 0.571. The van der Waals surface area contributed by atoms with Crippen LogP contribution >= 0.6 is 11.6 Å². The fourth-order valence-corrected chi connectivity index (χ4v) is 0.502. The molecule has 0 aromatic heterocycles. The molecule has 0 aliphatic heterocycles. The van der Waals surface area contributed by atoms with E-state index in [4.69, 9.17) is 16.3 Å². The molecule has 0 spiro atoms. The molecule has 0 saturated carbocycles. The molecule has 0 heterocycles. The second-order valence-corrected chi connectivity index (χ2v) is 2.16. The van der Waals surface area contributed by atoms with E-state index in [1.165, 1.54) is 5.54 Å². The Morgan fingerprint density at radius 3 is 2.70 bits per heavy atom. The minimum absolute atomic E-state index is 0.225. The van der Waals surface area contributed by atoms with Crippen LogP contribution in [0.2, 0.25) is 0 Å². The topological polar surface area (TPSA) is 26.3 Å². The van der Waals surface area contributed by atoms with E-state index >= 15 is 0 Å². The summed E-state index contributed by atoms with van der Waals surface area (Å²) in [5.74, 6) is 0.219. The maximum atomic E-state index is 10.7. The molecule has 0 aromatic rings. The third-order valence-corrected chi connectivity index (χ3v) is 1.19. The van der Waals surface area contributed by atoms with Gasteiger partial charge in [-0.15, -0.1) is 0 Å². The van der Waals surface area contributed by atoms with Gasteiger partial charge in [-0.2, -0.15) is 0 Å². The van der Waals surface area contributed by atoms with Gasteiger partial charge < -0.3 is 4.74 Å². The van der Waals surface area contributed by atoms with Crippen LogP contribution in [-0.2, 0) is 9.53 Å². The molecule has 0 radical (unpaired) electrons. The third-order valence-electron chi connectivity index (χ3n) is 0.883. The SMILES string of the molecule is CCCC(=O)OC(C)=CCl. The number of allylic oxidation sites excluding steroid dienone is 1. The van der Waals surface area contributed by atoms with Gasteiger partial charge in [0.25, 0.3) is 0 Å². The number of ether oxygens (including phenoxy) is 1. The van der Waals surface area contributed by atoms with E-state index in [1.54, 1.807) is 6.92 Å². The zero-order chi connectivity index (χ0) is 7.98. The van der Waals surface area contributed by atoms with Gasteiger partial charge in [-0.25, -0.2) is 0 Å². The Bertz CT molecular complexity index is 141. The number of halogens is 1. The summed E-state index contributed by atoms with van der Waals surface area (Å²) in [4.78, 5) is 10.7. The molecule has 0 bridgehead atoms. The van der Waals surface area contributed by atoms with Gasteiger partial charge in [0.2, 0.25) is 0 Å². The zero-order valence-corrected chi connectivity index (χ0v) is 6.94. The monoisotopic (exact) mass is 162 g/mol. The average Bonchev–Trinajstić information content (AvgIpc) is 1.88. The van der Waals surface area contributed by atoms with E-state index in [-0.39, 0.29) is 5.97 Å². The van der Waals surface area contributed by atoms with Crippen molar-refractivity contribution in [2.24, 2.45) is 0 Å². The first kappa shape index (κ1) is 9.50. The van der Waals surface area contributed by atoms with Gasteiger partial charge in [-0.3, -0.25) is 4.79 Å². The van der Waals surface area contributed by atoms with Crippen molar-refractivity contribution in [3.8, 4) is 0 Å². The molecule has 0 N–H and O–H groups in total. The lowest BCUT2D eigenvalue weighted by molar-refractivity contribution is -0.139. The molecule has 0 fully saturated rings. The molecule has 0 amide bonds. The Hall–Kier alpha value is -0.500. The Labute approximate surface area is 65.8 Å². The molecule has 0 unspecified atom stereocenters. The second-order valence-electron chi connectivity index (χ2n) is 1.94. The average molecular weight is 163 g/mol. The van der Waals surface area contributed by atoms with Crippen molar-refractivity contribution in [3.63, 3.8) is 0 Å². The predicted molar refractivity (Wildman–Crippen MR) is 40.6 cm³/mol. The van der Waals surface area contributed by atoms with E-state index < -0.39 is 0 Å². The Balaban J connectivity index is 3.58. The van der Waals surface area contributed by atoms with Crippen molar-refractivity contribution in [3.05, 3.63) is 11.3 Å². The van der Waals surface area contributed by atoms with Crippen LogP contribution in [-0.4, -0.2) is 5.97 Å². The standard InChI is InChI=1S/C7H11ClO2/c1-3-4-7(9)10-6(2)5-8/h5H,3-4H2,1-2H3. The molecule has 0 aliphatic rings. The van der Waals surface area contributed by atoms with Crippen LogP contribution in [0.25, 0.3) is 0 Å². The lowest BCUT2D eigenvalue weighted by Gasteiger charge is -1.99. The largest absolute Gasteiger partial charge is 0.430 e. The summed E-state index contributed by atoms with van der Waals surface area (Å²) < 4.78 is 4.73. The molecule has 0 aliphatic carbocycles. The quantitative estimate of drug-likeness (QED) is 0.471. The molecular weight excluding hydrogens is 152 g/mol. The van der Waals surface area contributed by atoms with E-state index in [2.05, 4.69) is 0 Å². The van der Waals surface area contributed by atoms with Gasteiger partial charge in [0, 0.05) is 12.0 Å². The van der Waals surface area contributed by atoms with Crippen molar-refractivity contribution < 1.29 is 9.53 Å². The number of rotatable bonds is 3. The minimum Gasteiger partial charge on any atom is -0.430 e. The van der Waals surface area contributed by atoms with Gasteiger partial charge in [-0.1, -0.05) is 18.5 Å². The number of esters is 1. The van der Waals surface area contributed by atoms with Gasteiger partial charge >= 0.3 is 5.97 Å². The van der Waals surface area contributed by atoms with Crippen LogP contribution < -0.4 is 0 Å². The van der Waals surface area contributed by atoms with Gasteiger partial charge in [0.15, 0.2) is 0 Å². The zero-order valence-electron chi connectivity index (χ0n) is 6.19. The lowest BCUT2D eigenvalue weighted by Crippen LogP contribution is -2.00. The molecule has 3 heteroatoms. The summed E-state index contributed by atoms with van der Waals surface area (Å²) in [7, 11) is 0. The summed E-state index contributed by atoms with van der Waals surface area (Å²) in [5, 5.41) is 0. The van der Waals surface area contributed by atoms with Crippen molar-refractivity contribution in [1.29, 1.82) is 0 Å². The molecular formula is C7H11ClO2. The molecule has 0 saturated heterocycles. The highest BCUT2D eigenvalue weighted by Crippen LogP contribution is 2.01. The summed E-state index contributed by atoms with van der Waals surface area (Å²) in [6, 6.07) is 0. The van der Waals surface area contributed by atoms with Crippen molar-refractivity contribution in [2.45, 2.75) is 26.7 Å². The summed E-state index contributed by atoms with van der Waals surface area (Å²) in [6.45, 7) is 3.56. The van der Waals surface area contributed by atoms with E-state index in [0.717, 1.165) is 6.42 Å². The highest BCUT2D eigenvalue weighted by molar-refractivity contribution is 6.25. The summed E-state index contributed by atoms with van der Waals surface area (Å²) in [5.41, 5.74) is 1.24. The van der Waals surface area contributed by atoms with Crippen LogP contribution in [0.15, 0.2) is 11.3 Å². The number of hydrogen-bond donors (Lipinski definition) is 0. The highest BCUT2D eigenvalue weighted by atomic mass is 35.5. The molecule has 0 aromatic carbocycles. The van der Waals surface area contributed by atoms with E-state index in [9.17, 15) is 4.79 Å². The van der Waals surface area contributed by atoms with Crippen molar-refractivity contribution >= 4 is 17.6 Å². The van der Waals surface area contributed by atoms with Gasteiger partial charge in [0.1, 0.15) is 5.76 Å². The van der Waals surface area contributed by atoms with Crippen molar-refractivity contribution in [2.75, 3.05) is 0 Å². The maximum absolute atomic E-state index is 10.7. The molecule has 58 valence electrons. The van der Waals surface area contributed by atoms with E-state index in [0.29, 0.717) is 12.2 Å². The Morgan fingerprint density at radius 2 is 2.30 bits per heavy atom. The first-order valence-electron chi connectivity index (χ1n) is 3.18. The normalized spacial score (nSPS) is 11.3. The first-order chi connectivity index (χ1) is 4.70. The smallest absolute Gasteiger partial charge is 0.310 e. The van der Waals surface area contributed by atoms with Crippen molar-refractivity contribution in [1.82, 2.24) is 0 Å². The van der Waals surface area contributed by atoms with E-state index in [1.807, 2.05) is 6.92 Å². The third kappa shape index (κ3) is 4.39. The number of carbonyl (C=O) groups excluding carboxylic acids is 1. The molecule has 0 rings (SSSR count). The second kappa shape index (κ2) is 5.30. The Morgan fingerprint density at radius 1 is 1.70 bits per heavy atom. The van der Waals surface area contributed by atoms with Gasteiger partial charge in [-0.05, 0) is 13.3 Å². The first-order valence-corrected chi connectivity index (χ1v) is 3.62. The lowest BCUT2D eigenvalue weighted by atomic mass is 10.3. The van der Waals surface area contributed by atoms with Crippen LogP contribution in [0.1, 0.15) is 26.7 Å². The predicted octanol–water partition coefficient (Wildman–Crippen LogP) is 2.43. The minimum atomic E-state index is -0.225. The fourth-order valence-electron chi connectivity index (χ4n) is 0.457. The van der Waals surface area contributed by atoms with Crippen LogP contribution in [0, 0.1) is 0 Å². The number of hydrogen-bond acceptors (Lipinski definition) is 2. The Kier molecular flexibility index (Phi) is 5.03. The van der Waals surface area contributed by atoms with Crippen LogP contribution in [0.3, 0.4) is 0 Å². The van der Waals surface area contributed by atoms with Crippen LogP contribution in [0.4, 0.5) is 0 Å². The summed E-state index contributed by atoms with van der Waals surface area (Å²) in [6.07, 6.45) is 1.25. The van der Waals surface area contributed by atoms with Crippen LogP contribution in [0.5, 0.6) is 0 Å². The molecule has 0 atom stereocenters. The van der Waals surface area contributed by atoms with Gasteiger partial charge in [0.05, 0.1) is 0 Å². The highest BCUT2D eigenvalue weighted by Gasteiger charge is 2.00. The number of carbonyl (C=O) groups is 1. The maximum Gasteiger partial charge on any atom is 0.310 e.